The summed E-state index contributed by atoms with van der Waals surface area (Å²) >= 11 is 1.75. The van der Waals surface area contributed by atoms with Crippen molar-refractivity contribution >= 4 is 62.7 Å². The number of anilines is 2. The topological polar surface area (TPSA) is 64.2 Å². The number of carbonyl (C=O) groups excluding carboxylic acids is 3. The molecule has 3 heterocycles. The second kappa shape index (κ2) is 7.19. The molecule has 0 radical (unpaired) electrons. The maximum absolute atomic E-state index is 13.3. The van der Waals surface area contributed by atoms with E-state index in [1.54, 1.807) is 27.8 Å². The third kappa shape index (κ3) is 2.84. The Morgan fingerprint density at radius 3 is 2.63 bits per heavy atom. The standard InChI is InChI=1S/C22H23IN4O3/c1-24-11-10-13(12-24)25(2)16-7-6-15-20-14(16)4-3-5-17(20)26(21(15)29)18-8-9-19(28)27(23)22(18)30/h3-7,13,18H,8-12H2,1-2H3. The van der Waals surface area contributed by atoms with Gasteiger partial charge in [-0.15, -0.1) is 0 Å². The third-order valence-corrected chi connectivity index (χ3v) is 7.65. The predicted octanol–water partition coefficient (Wildman–Crippen LogP) is 2.81. The fourth-order valence-corrected chi connectivity index (χ4v) is 5.57. The van der Waals surface area contributed by atoms with Crippen LogP contribution in [0.25, 0.3) is 10.8 Å². The molecule has 2 aromatic carbocycles. The van der Waals surface area contributed by atoms with E-state index in [0.717, 1.165) is 44.8 Å². The first kappa shape index (κ1) is 19.7. The molecule has 3 aliphatic rings. The van der Waals surface area contributed by atoms with Crippen LogP contribution < -0.4 is 9.80 Å². The Balaban J connectivity index is 1.58. The molecule has 0 saturated carbocycles. The van der Waals surface area contributed by atoms with Gasteiger partial charge in [-0.3, -0.25) is 19.3 Å². The SMILES string of the molecule is CN1CCC(N(C)c2ccc3c4c(cccc24)N(C2CCC(=O)N(I)C2=O)C3=O)C1. The normalized spacial score (nSPS) is 24.4. The van der Waals surface area contributed by atoms with Gasteiger partial charge in [0.2, 0.25) is 5.91 Å². The Labute approximate surface area is 189 Å². The van der Waals surface area contributed by atoms with Gasteiger partial charge >= 0.3 is 0 Å². The maximum Gasteiger partial charge on any atom is 0.261 e. The van der Waals surface area contributed by atoms with E-state index in [2.05, 4.69) is 30.0 Å². The van der Waals surface area contributed by atoms with Crippen LogP contribution in [0.1, 0.15) is 29.6 Å². The Hall–Kier alpha value is -2.20. The first-order valence-electron chi connectivity index (χ1n) is 10.2. The number of hydrogen-bond donors (Lipinski definition) is 0. The molecule has 2 atom stereocenters. The highest BCUT2D eigenvalue weighted by Gasteiger charge is 2.43. The van der Waals surface area contributed by atoms with Gasteiger partial charge in [-0.1, -0.05) is 12.1 Å². The number of carbonyl (C=O) groups is 3. The summed E-state index contributed by atoms with van der Waals surface area (Å²) in [4.78, 5) is 44.3. The molecular weight excluding hydrogens is 495 g/mol. The summed E-state index contributed by atoms with van der Waals surface area (Å²) in [6.45, 7) is 2.10. The minimum absolute atomic E-state index is 0.159. The maximum atomic E-state index is 13.3. The smallest absolute Gasteiger partial charge is 0.261 e. The predicted molar refractivity (Wildman–Crippen MR) is 124 cm³/mol. The molecule has 0 spiro atoms. The molecule has 0 aromatic heterocycles. The zero-order valence-electron chi connectivity index (χ0n) is 17.0. The lowest BCUT2D eigenvalue weighted by Crippen LogP contribution is -2.52. The Bertz CT molecular complexity index is 1090. The Morgan fingerprint density at radius 2 is 1.90 bits per heavy atom. The van der Waals surface area contributed by atoms with Crippen LogP contribution in [0.2, 0.25) is 0 Å². The van der Waals surface area contributed by atoms with Gasteiger partial charge in [0.1, 0.15) is 6.04 Å². The van der Waals surface area contributed by atoms with E-state index in [-0.39, 0.29) is 24.1 Å². The van der Waals surface area contributed by atoms with E-state index < -0.39 is 6.04 Å². The summed E-state index contributed by atoms with van der Waals surface area (Å²) < 4.78 is 1.12. The van der Waals surface area contributed by atoms with Crippen molar-refractivity contribution in [3.8, 4) is 0 Å². The quantitative estimate of drug-likeness (QED) is 0.356. The highest BCUT2D eigenvalue weighted by molar-refractivity contribution is 14.1. The van der Waals surface area contributed by atoms with Crippen molar-refractivity contribution < 1.29 is 14.4 Å². The fourth-order valence-electron chi connectivity index (χ4n) is 5.01. The largest absolute Gasteiger partial charge is 0.370 e. The zero-order valence-corrected chi connectivity index (χ0v) is 19.1. The summed E-state index contributed by atoms with van der Waals surface area (Å²) in [6.07, 6.45) is 1.73. The van der Waals surface area contributed by atoms with Crippen molar-refractivity contribution in [1.82, 2.24) is 8.01 Å². The lowest BCUT2D eigenvalue weighted by atomic mass is 10.0. The molecule has 2 unspecified atom stereocenters. The molecule has 0 N–H and O–H groups in total. The number of hydrogen-bond acceptors (Lipinski definition) is 5. The van der Waals surface area contributed by atoms with E-state index in [4.69, 9.17) is 0 Å². The van der Waals surface area contributed by atoms with Crippen molar-refractivity contribution in [2.45, 2.75) is 31.3 Å². The summed E-state index contributed by atoms with van der Waals surface area (Å²) in [6, 6.07) is 9.61. The minimum Gasteiger partial charge on any atom is -0.370 e. The number of imide groups is 1. The Morgan fingerprint density at radius 1 is 1.10 bits per heavy atom. The summed E-state index contributed by atoms with van der Waals surface area (Å²) in [7, 11) is 4.26. The lowest BCUT2D eigenvalue weighted by Gasteiger charge is -2.33. The van der Waals surface area contributed by atoms with Crippen molar-refractivity contribution in [2.24, 2.45) is 0 Å². The highest BCUT2D eigenvalue weighted by Crippen LogP contribution is 2.44. The number of halogens is 1. The van der Waals surface area contributed by atoms with Gasteiger partial charge in [0.05, 0.1) is 34.1 Å². The molecule has 30 heavy (non-hydrogen) atoms. The first-order chi connectivity index (χ1) is 14.4. The first-order valence-corrected chi connectivity index (χ1v) is 11.2. The number of likely N-dealkylation sites (tertiary alicyclic amines) is 1. The molecule has 8 heteroatoms. The van der Waals surface area contributed by atoms with Gasteiger partial charge in [-0.2, -0.15) is 0 Å². The number of piperidine rings is 1. The molecule has 156 valence electrons. The van der Waals surface area contributed by atoms with Crippen LogP contribution in [0.5, 0.6) is 0 Å². The van der Waals surface area contributed by atoms with Gasteiger partial charge in [0, 0.05) is 42.5 Å². The van der Waals surface area contributed by atoms with Crippen LogP contribution in [0.15, 0.2) is 30.3 Å². The molecule has 3 amide bonds. The monoisotopic (exact) mass is 518 g/mol. The van der Waals surface area contributed by atoms with E-state index in [9.17, 15) is 14.4 Å². The number of benzene rings is 2. The van der Waals surface area contributed by atoms with Gasteiger partial charge < -0.3 is 9.80 Å². The summed E-state index contributed by atoms with van der Waals surface area (Å²) in [5, 5.41) is 1.94. The summed E-state index contributed by atoms with van der Waals surface area (Å²) in [5.41, 5.74) is 2.50. The summed E-state index contributed by atoms with van der Waals surface area (Å²) in [5.74, 6) is -0.686. The molecule has 2 saturated heterocycles. The van der Waals surface area contributed by atoms with Gasteiger partial charge in [-0.05, 0) is 44.6 Å². The van der Waals surface area contributed by atoms with Crippen molar-refractivity contribution in [3.63, 3.8) is 0 Å². The average Bonchev–Trinajstić information content (AvgIpc) is 3.29. The molecular formula is C22H23IN4O3. The number of rotatable bonds is 3. The van der Waals surface area contributed by atoms with Crippen LogP contribution in [-0.4, -0.2) is 65.0 Å². The van der Waals surface area contributed by atoms with Crippen molar-refractivity contribution in [3.05, 3.63) is 35.9 Å². The molecule has 3 aliphatic heterocycles. The highest BCUT2D eigenvalue weighted by atomic mass is 127. The fraction of sp³-hybridized carbons (Fsp3) is 0.409. The van der Waals surface area contributed by atoms with E-state index in [0.29, 0.717) is 18.0 Å². The number of likely N-dealkylation sites (N-methyl/N-ethyl adjacent to an activating group) is 2. The van der Waals surface area contributed by atoms with Crippen LogP contribution in [0.4, 0.5) is 11.4 Å². The van der Waals surface area contributed by atoms with Crippen LogP contribution in [0.3, 0.4) is 0 Å². The lowest BCUT2D eigenvalue weighted by molar-refractivity contribution is -0.140. The molecule has 5 rings (SSSR count). The van der Waals surface area contributed by atoms with Crippen molar-refractivity contribution in [2.75, 3.05) is 37.0 Å². The molecule has 7 nitrogen and oxygen atoms in total. The van der Waals surface area contributed by atoms with E-state index >= 15 is 0 Å². The van der Waals surface area contributed by atoms with Gasteiger partial charge in [-0.25, -0.2) is 3.11 Å². The second-order valence-corrected chi connectivity index (χ2v) is 9.35. The van der Waals surface area contributed by atoms with E-state index in [1.807, 2.05) is 24.3 Å². The molecule has 0 bridgehead atoms. The van der Waals surface area contributed by atoms with Crippen LogP contribution in [0, 0.1) is 0 Å². The van der Waals surface area contributed by atoms with E-state index in [1.165, 1.54) is 0 Å². The molecule has 2 aromatic rings. The number of amides is 3. The third-order valence-electron chi connectivity index (χ3n) is 6.64. The zero-order chi connectivity index (χ0) is 21.2. The second-order valence-electron chi connectivity index (χ2n) is 8.39. The minimum atomic E-state index is -0.644. The van der Waals surface area contributed by atoms with Gasteiger partial charge in [0.25, 0.3) is 11.8 Å². The molecule has 2 fully saturated rings. The molecule has 0 aliphatic carbocycles. The van der Waals surface area contributed by atoms with Gasteiger partial charge in [0.15, 0.2) is 0 Å². The Kier molecular flexibility index (Phi) is 4.73. The van der Waals surface area contributed by atoms with Crippen molar-refractivity contribution in [1.29, 1.82) is 0 Å². The van der Waals surface area contributed by atoms with Crippen LogP contribution in [-0.2, 0) is 9.59 Å². The number of nitrogens with zero attached hydrogens (tertiary/aromatic N) is 4. The van der Waals surface area contributed by atoms with Crippen LogP contribution >= 0.6 is 22.9 Å². The average molecular weight is 518 g/mol.